The van der Waals surface area contributed by atoms with E-state index in [1.165, 1.54) is 12.8 Å². The van der Waals surface area contributed by atoms with Gasteiger partial charge in [-0.3, -0.25) is 0 Å². The van der Waals surface area contributed by atoms with Crippen LogP contribution in [0.5, 0.6) is 0 Å². The van der Waals surface area contributed by atoms with E-state index >= 15 is 0 Å². The maximum atomic E-state index is 12.0. The van der Waals surface area contributed by atoms with E-state index in [1.807, 2.05) is 0 Å². The molecular weight excluding hydrogens is 295 g/mol. The van der Waals surface area contributed by atoms with Gasteiger partial charge in [-0.25, -0.2) is 4.79 Å². The molecule has 0 saturated heterocycles. The molecule has 1 fully saturated rings. The normalized spacial score (nSPS) is 26.1. The number of urea groups is 1. The van der Waals surface area contributed by atoms with Crippen molar-refractivity contribution in [3.05, 3.63) is 28.2 Å². The highest BCUT2D eigenvalue weighted by Gasteiger charge is 2.28. The Morgan fingerprint density at radius 3 is 2.65 bits per heavy atom. The minimum atomic E-state index is -0.186. The van der Waals surface area contributed by atoms with Crippen molar-refractivity contribution in [1.29, 1.82) is 0 Å². The van der Waals surface area contributed by atoms with E-state index in [9.17, 15) is 4.79 Å². The monoisotopic (exact) mass is 314 g/mol. The van der Waals surface area contributed by atoms with Crippen molar-refractivity contribution in [1.82, 2.24) is 5.32 Å². The van der Waals surface area contributed by atoms with Crippen molar-refractivity contribution >= 4 is 34.9 Å². The molecule has 0 unspecified atom stereocenters. The number of carbonyl (C=O) groups is 1. The molecule has 1 saturated carbocycles. The largest absolute Gasteiger partial charge is 0.335 e. The van der Waals surface area contributed by atoms with Crippen molar-refractivity contribution in [2.45, 2.75) is 39.2 Å². The average molecular weight is 315 g/mol. The Hall–Kier alpha value is -0.930. The number of hydrogen-bond acceptors (Lipinski definition) is 1. The van der Waals surface area contributed by atoms with Crippen molar-refractivity contribution in [3.8, 4) is 0 Å². The van der Waals surface area contributed by atoms with Crippen LogP contribution in [0.3, 0.4) is 0 Å². The molecule has 2 amide bonds. The molecule has 0 radical (unpaired) electrons. The van der Waals surface area contributed by atoms with Gasteiger partial charge < -0.3 is 10.6 Å². The molecule has 20 heavy (non-hydrogen) atoms. The van der Waals surface area contributed by atoms with Crippen LogP contribution in [0.25, 0.3) is 0 Å². The first-order valence-electron chi connectivity index (χ1n) is 7.00. The summed E-state index contributed by atoms with van der Waals surface area (Å²) >= 11 is 11.8. The summed E-state index contributed by atoms with van der Waals surface area (Å²) in [5.41, 5.74) is 0.647. The topological polar surface area (TPSA) is 41.1 Å². The summed E-state index contributed by atoms with van der Waals surface area (Å²) in [6.07, 6.45) is 3.46. The standard InChI is InChI=1S/C15H20Cl2N2O/c1-9-4-3-5-14(10(9)2)19-15(20)18-11-6-7-12(16)13(17)8-11/h6-10,14H,3-5H2,1-2H3,(H2,18,19,20)/t9-,10-,14-/m1/s1. The van der Waals surface area contributed by atoms with Crippen molar-refractivity contribution in [2.75, 3.05) is 5.32 Å². The molecule has 3 nitrogen and oxygen atoms in total. The van der Waals surface area contributed by atoms with E-state index < -0.39 is 0 Å². The summed E-state index contributed by atoms with van der Waals surface area (Å²) in [6.45, 7) is 4.45. The third-order valence-electron chi connectivity index (χ3n) is 4.20. The Morgan fingerprint density at radius 1 is 1.20 bits per heavy atom. The van der Waals surface area contributed by atoms with Crippen LogP contribution in [0.15, 0.2) is 18.2 Å². The van der Waals surface area contributed by atoms with Crippen LogP contribution < -0.4 is 10.6 Å². The predicted octanol–water partition coefficient (Wildman–Crippen LogP) is 4.94. The Kier molecular flexibility index (Phi) is 5.17. The van der Waals surface area contributed by atoms with Crippen LogP contribution in [0.1, 0.15) is 33.1 Å². The summed E-state index contributed by atoms with van der Waals surface area (Å²) in [6, 6.07) is 5.11. The summed E-state index contributed by atoms with van der Waals surface area (Å²) in [4.78, 5) is 12.0. The molecule has 110 valence electrons. The van der Waals surface area contributed by atoms with Gasteiger partial charge in [-0.05, 0) is 36.5 Å². The molecule has 1 aromatic carbocycles. The molecule has 0 heterocycles. The maximum Gasteiger partial charge on any atom is 0.319 e. The predicted molar refractivity (Wildman–Crippen MR) is 84.6 cm³/mol. The zero-order valence-corrected chi connectivity index (χ0v) is 13.3. The van der Waals surface area contributed by atoms with E-state index in [2.05, 4.69) is 24.5 Å². The molecule has 1 aliphatic carbocycles. The molecule has 1 aliphatic rings. The molecule has 3 atom stereocenters. The SMILES string of the molecule is C[C@@H]1[C@H](C)CCC[C@H]1NC(=O)Nc1ccc(Cl)c(Cl)c1. The number of hydrogen-bond donors (Lipinski definition) is 2. The molecule has 1 aromatic rings. The Morgan fingerprint density at radius 2 is 1.95 bits per heavy atom. The third-order valence-corrected chi connectivity index (χ3v) is 4.94. The number of amides is 2. The molecule has 0 aromatic heterocycles. The van der Waals surface area contributed by atoms with Crippen LogP contribution >= 0.6 is 23.2 Å². The zero-order chi connectivity index (χ0) is 14.7. The fourth-order valence-electron chi connectivity index (χ4n) is 2.70. The number of halogens is 2. The van der Waals surface area contributed by atoms with Crippen molar-refractivity contribution < 1.29 is 4.79 Å². The van der Waals surface area contributed by atoms with E-state index in [1.54, 1.807) is 18.2 Å². The first-order chi connectivity index (χ1) is 9.47. The van der Waals surface area contributed by atoms with Gasteiger partial charge in [0, 0.05) is 11.7 Å². The quantitative estimate of drug-likeness (QED) is 0.797. The summed E-state index contributed by atoms with van der Waals surface area (Å²) < 4.78 is 0. The lowest BCUT2D eigenvalue weighted by atomic mass is 9.78. The Labute approximate surface area is 130 Å². The first kappa shape index (κ1) is 15.5. The lowest BCUT2D eigenvalue weighted by Gasteiger charge is -2.34. The van der Waals surface area contributed by atoms with Gasteiger partial charge in [0.15, 0.2) is 0 Å². The van der Waals surface area contributed by atoms with Gasteiger partial charge in [-0.1, -0.05) is 49.9 Å². The molecule has 0 spiro atoms. The number of carbonyl (C=O) groups excluding carboxylic acids is 1. The van der Waals surface area contributed by atoms with Gasteiger partial charge in [0.05, 0.1) is 10.0 Å². The van der Waals surface area contributed by atoms with Gasteiger partial charge in [0.2, 0.25) is 0 Å². The lowest BCUT2D eigenvalue weighted by molar-refractivity contribution is 0.201. The van der Waals surface area contributed by atoms with Crippen LogP contribution in [-0.4, -0.2) is 12.1 Å². The second-order valence-corrected chi connectivity index (χ2v) is 6.42. The highest BCUT2D eigenvalue weighted by molar-refractivity contribution is 6.42. The van der Waals surface area contributed by atoms with Crippen molar-refractivity contribution in [2.24, 2.45) is 11.8 Å². The van der Waals surface area contributed by atoms with Crippen LogP contribution in [0.4, 0.5) is 10.5 Å². The van der Waals surface area contributed by atoms with Gasteiger partial charge >= 0.3 is 6.03 Å². The second kappa shape index (κ2) is 6.68. The lowest BCUT2D eigenvalue weighted by Crippen LogP contribution is -2.45. The average Bonchev–Trinajstić information content (AvgIpc) is 2.39. The number of rotatable bonds is 2. The number of benzene rings is 1. The Balaban J connectivity index is 1.93. The highest BCUT2D eigenvalue weighted by Crippen LogP contribution is 2.29. The smallest absolute Gasteiger partial charge is 0.319 e. The van der Waals surface area contributed by atoms with Crippen LogP contribution in [-0.2, 0) is 0 Å². The van der Waals surface area contributed by atoms with Crippen LogP contribution in [0.2, 0.25) is 10.0 Å². The summed E-state index contributed by atoms with van der Waals surface area (Å²) in [7, 11) is 0. The molecule has 0 bridgehead atoms. The Bertz CT molecular complexity index is 493. The van der Waals surface area contributed by atoms with Crippen LogP contribution in [0, 0.1) is 11.8 Å². The van der Waals surface area contributed by atoms with E-state index in [4.69, 9.17) is 23.2 Å². The number of anilines is 1. The molecule has 2 rings (SSSR count). The highest BCUT2D eigenvalue weighted by atomic mass is 35.5. The van der Waals surface area contributed by atoms with Gasteiger partial charge in [-0.2, -0.15) is 0 Å². The van der Waals surface area contributed by atoms with E-state index in [0.717, 1.165) is 6.42 Å². The zero-order valence-electron chi connectivity index (χ0n) is 11.7. The molecule has 0 aliphatic heterocycles. The third kappa shape index (κ3) is 3.80. The maximum absolute atomic E-state index is 12.0. The van der Waals surface area contributed by atoms with Crippen molar-refractivity contribution in [3.63, 3.8) is 0 Å². The second-order valence-electron chi connectivity index (χ2n) is 5.60. The van der Waals surface area contributed by atoms with E-state index in [0.29, 0.717) is 27.6 Å². The molecular formula is C15H20Cl2N2O. The fourth-order valence-corrected chi connectivity index (χ4v) is 2.99. The summed E-state index contributed by atoms with van der Waals surface area (Å²) in [5.74, 6) is 1.15. The van der Waals surface area contributed by atoms with Gasteiger partial charge in [0.1, 0.15) is 0 Å². The first-order valence-corrected chi connectivity index (χ1v) is 7.75. The van der Waals surface area contributed by atoms with Gasteiger partial charge in [-0.15, -0.1) is 0 Å². The number of nitrogens with one attached hydrogen (secondary N) is 2. The summed E-state index contributed by atoms with van der Waals surface area (Å²) in [5, 5.41) is 6.77. The van der Waals surface area contributed by atoms with E-state index in [-0.39, 0.29) is 12.1 Å². The minimum Gasteiger partial charge on any atom is -0.335 e. The molecule has 5 heteroatoms. The van der Waals surface area contributed by atoms with Gasteiger partial charge in [0.25, 0.3) is 0 Å². The minimum absolute atomic E-state index is 0.186. The molecule has 2 N–H and O–H groups in total. The fraction of sp³-hybridized carbons (Fsp3) is 0.533.